The molecule has 2 N–H and O–H groups in total. The first-order chi connectivity index (χ1) is 8.20. The van der Waals surface area contributed by atoms with Crippen molar-refractivity contribution in [2.75, 3.05) is 6.54 Å². The van der Waals surface area contributed by atoms with Gasteiger partial charge in [-0.05, 0) is 38.4 Å². The van der Waals surface area contributed by atoms with E-state index >= 15 is 0 Å². The van der Waals surface area contributed by atoms with E-state index in [1.807, 2.05) is 16.8 Å². The summed E-state index contributed by atoms with van der Waals surface area (Å²) >= 11 is 0. The van der Waals surface area contributed by atoms with Crippen LogP contribution in [0.2, 0.25) is 0 Å². The summed E-state index contributed by atoms with van der Waals surface area (Å²) in [4.78, 5) is 11.7. The SMILES string of the molecule is CCNC(C)c1cccn1CC(=O)NC1CC1. The molecule has 1 amide bonds. The van der Waals surface area contributed by atoms with Crippen LogP contribution in [0, 0.1) is 0 Å². The summed E-state index contributed by atoms with van der Waals surface area (Å²) in [6.07, 6.45) is 4.24. The Labute approximate surface area is 102 Å². The molecule has 1 heterocycles. The fourth-order valence-corrected chi connectivity index (χ4v) is 2.03. The lowest BCUT2D eigenvalue weighted by Crippen LogP contribution is -2.30. The van der Waals surface area contributed by atoms with Gasteiger partial charge in [0.25, 0.3) is 0 Å². The third kappa shape index (κ3) is 3.33. The van der Waals surface area contributed by atoms with Crippen LogP contribution in [0.3, 0.4) is 0 Å². The number of carbonyl (C=O) groups is 1. The van der Waals surface area contributed by atoms with Crippen LogP contribution in [0.15, 0.2) is 18.3 Å². The van der Waals surface area contributed by atoms with Crippen LogP contribution in [0.1, 0.15) is 38.4 Å². The summed E-state index contributed by atoms with van der Waals surface area (Å²) < 4.78 is 2.02. The molecule has 1 aliphatic rings. The summed E-state index contributed by atoms with van der Waals surface area (Å²) in [5, 5.41) is 6.37. The first-order valence-corrected chi connectivity index (χ1v) is 6.38. The van der Waals surface area contributed by atoms with Gasteiger partial charge in [0.15, 0.2) is 0 Å². The fraction of sp³-hybridized carbons (Fsp3) is 0.615. The minimum Gasteiger partial charge on any atom is -0.352 e. The molecule has 0 aliphatic heterocycles. The van der Waals surface area contributed by atoms with Gasteiger partial charge < -0.3 is 15.2 Å². The summed E-state index contributed by atoms with van der Waals surface area (Å²) in [6.45, 7) is 5.56. The molecule has 17 heavy (non-hydrogen) atoms. The van der Waals surface area contributed by atoms with Gasteiger partial charge in [0, 0.05) is 24.0 Å². The highest BCUT2D eigenvalue weighted by atomic mass is 16.2. The fourth-order valence-electron chi connectivity index (χ4n) is 2.03. The maximum absolute atomic E-state index is 11.7. The lowest BCUT2D eigenvalue weighted by Gasteiger charge is -2.16. The van der Waals surface area contributed by atoms with Gasteiger partial charge in [0.1, 0.15) is 6.54 Å². The number of carbonyl (C=O) groups excluding carboxylic acids is 1. The van der Waals surface area contributed by atoms with E-state index < -0.39 is 0 Å². The van der Waals surface area contributed by atoms with E-state index in [-0.39, 0.29) is 11.9 Å². The smallest absolute Gasteiger partial charge is 0.240 e. The van der Waals surface area contributed by atoms with Crippen molar-refractivity contribution in [1.29, 1.82) is 0 Å². The molecular formula is C13H21N3O. The Hall–Kier alpha value is -1.29. The minimum atomic E-state index is 0.119. The molecule has 0 radical (unpaired) electrons. The van der Waals surface area contributed by atoms with Gasteiger partial charge in [-0.3, -0.25) is 4.79 Å². The van der Waals surface area contributed by atoms with Crippen LogP contribution >= 0.6 is 0 Å². The Kier molecular flexibility index (Phi) is 3.84. The van der Waals surface area contributed by atoms with Crippen molar-refractivity contribution in [2.24, 2.45) is 0 Å². The van der Waals surface area contributed by atoms with Crippen molar-refractivity contribution in [3.63, 3.8) is 0 Å². The Bertz CT molecular complexity index is 382. The van der Waals surface area contributed by atoms with Gasteiger partial charge in [-0.25, -0.2) is 0 Å². The molecule has 1 atom stereocenters. The van der Waals surface area contributed by atoms with Crippen LogP contribution in [-0.2, 0) is 11.3 Å². The zero-order valence-corrected chi connectivity index (χ0v) is 10.6. The Balaban J connectivity index is 1.94. The molecule has 1 saturated carbocycles. The summed E-state index contributed by atoms with van der Waals surface area (Å²) in [5.41, 5.74) is 1.16. The summed E-state index contributed by atoms with van der Waals surface area (Å²) in [7, 11) is 0. The topological polar surface area (TPSA) is 46.1 Å². The molecule has 1 unspecified atom stereocenters. The molecule has 4 heteroatoms. The van der Waals surface area contributed by atoms with E-state index in [0.717, 1.165) is 25.1 Å². The third-order valence-electron chi connectivity index (χ3n) is 3.08. The zero-order valence-electron chi connectivity index (χ0n) is 10.6. The Morgan fingerprint density at radius 3 is 3.00 bits per heavy atom. The molecule has 1 fully saturated rings. The number of nitrogens with zero attached hydrogens (tertiary/aromatic N) is 1. The quantitative estimate of drug-likeness (QED) is 0.783. The van der Waals surface area contributed by atoms with E-state index in [4.69, 9.17) is 0 Å². The third-order valence-corrected chi connectivity index (χ3v) is 3.08. The number of hydrogen-bond donors (Lipinski definition) is 2. The highest BCUT2D eigenvalue weighted by Crippen LogP contribution is 2.19. The highest BCUT2D eigenvalue weighted by molar-refractivity contribution is 5.76. The lowest BCUT2D eigenvalue weighted by atomic mass is 10.2. The Morgan fingerprint density at radius 2 is 2.35 bits per heavy atom. The summed E-state index contributed by atoms with van der Waals surface area (Å²) in [6, 6.07) is 4.78. The van der Waals surface area contributed by atoms with Crippen molar-refractivity contribution in [2.45, 2.75) is 45.3 Å². The van der Waals surface area contributed by atoms with Crippen LogP contribution in [0.25, 0.3) is 0 Å². The molecule has 0 aromatic carbocycles. The molecule has 94 valence electrons. The lowest BCUT2D eigenvalue weighted by molar-refractivity contribution is -0.121. The van der Waals surface area contributed by atoms with Crippen molar-refractivity contribution >= 4 is 5.91 Å². The summed E-state index contributed by atoms with van der Waals surface area (Å²) in [5.74, 6) is 0.119. The first kappa shape index (κ1) is 12.2. The van der Waals surface area contributed by atoms with E-state index in [1.165, 1.54) is 0 Å². The van der Waals surface area contributed by atoms with Crippen molar-refractivity contribution in [3.8, 4) is 0 Å². The number of nitrogens with one attached hydrogen (secondary N) is 2. The molecule has 1 aromatic heterocycles. The molecule has 2 rings (SSSR count). The maximum atomic E-state index is 11.7. The minimum absolute atomic E-state index is 0.119. The van der Waals surface area contributed by atoms with Gasteiger partial charge in [0.05, 0.1) is 0 Å². The van der Waals surface area contributed by atoms with Crippen LogP contribution in [0.4, 0.5) is 0 Å². The predicted molar refractivity (Wildman–Crippen MR) is 67.7 cm³/mol. The molecule has 0 saturated heterocycles. The largest absolute Gasteiger partial charge is 0.352 e. The molecule has 0 bridgehead atoms. The number of rotatable bonds is 6. The highest BCUT2D eigenvalue weighted by Gasteiger charge is 2.23. The normalized spacial score (nSPS) is 16.8. The zero-order chi connectivity index (χ0) is 12.3. The first-order valence-electron chi connectivity index (χ1n) is 6.38. The van der Waals surface area contributed by atoms with Crippen LogP contribution in [-0.4, -0.2) is 23.1 Å². The molecule has 1 aliphatic carbocycles. The van der Waals surface area contributed by atoms with Crippen molar-refractivity contribution in [1.82, 2.24) is 15.2 Å². The maximum Gasteiger partial charge on any atom is 0.240 e. The second-order valence-electron chi connectivity index (χ2n) is 4.68. The van der Waals surface area contributed by atoms with E-state index in [2.05, 4.69) is 30.5 Å². The van der Waals surface area contributed by atoms with Gasteiger partial charge in [0.2, 0.25) is 5.91 Å². The number of amides is 1. The van der Waals surface area contributed by atoms with E-state index in [0.29, 0.717) is 12.6 Å². The Morgan fingerprint density at radius 1 is 1.59 bits per heavy atom. The van der Waals surface area contributed by atoms with E-state index in [9.17, 15) is 4.79 Å². The van der Waals surface area contributed by atoms with E-state index in [1.54, 1.807) is 0 Å². The number of aromatic nitrogens is 1. The standard InChI is InChI=1S/C13H21N3O/c1-3-14-10(2)12-5-4-8-16(12)9-13(17)15-11-6-7-11/h4-5,8,10-11,14H,3,6-7,9H2,1-2H3,(H,15,17). The average Bonchev–Trinajstić information content (AvgIpc) is 2.95. The second kappa shape index (κ2) is 5.36. The molecule has 1 aromatic rings. The van der Waals surface area contributed by atoms with Crippen molar-refractivity contribution < 1.29 is 4.79 Å². The monoisotopic (exact) mass is 235 g/mol. The molecular weight excluding hydrogens is 214 g/mol. The van der Waals surface area contributed by atoms with Gasteiger partial charge in [-0.2, -0.15) is 0 Å². The van der Waals surface area contributed by atoms with Crippen LogP contribution < -0.4 is 10.6 Å². The van der Waals surface area contributed by atoms with Gasteiger partial charge in [-0.1, -0.05) is 6.92 Å². The molecule has 0 spiro atoms. The molecule has 4 nitrogen and oxygen atoms in total. The van der Waals surface area contributed by atoms with Crippen molar-refractivity contribution in [3.05, 3.63) is 24.0 Å². The van der Waals surface area contributed by atoms with Gasteiger partial charge >= 0.3 is 0 Å². The average molecular weight is 235 g/mol. The van der Waals surface area contributed by atoms with Crippen LogP contribution in [0.5, 0.6) is 0 Å². The van der Waals surface area contributed by atoms with Gasteiger partial charge in [-0.15, -0.1) is 0 Å². The second-order valence-corrected chi connectivity index (χ2v) is 4.68. The number of hydrogen-bond acceptors (Lipinski definition) is 2. The predicted octanol–water partition coefficient (Wildman–Crippen LogP) is 1.44.